The van der Waals surface area contributed by atoms with Gasteiger partial charge in [-0.15, -0.1) is 0 Å². The van der Waals surface area contributed by atoms with E-state index in [1.54, 1.807) is 0 Å². The van der Waals surface area contributed by atoms with Crippen LogP contribution < -0.4 is 4.90 Å². The number of hydrogen-bond donors (Lipinski definition) is 1. The van der Waals surface area contributed by atoms with Gasteiger partial charge in [0.15, 0.2) is 5.65 Å². The fraction of sp³-hybridized carbons (Fsp3) is 0.200. The molecule has 35 heavy (non-hydrogen) atoms. The van der Waals surface area contributed by atoms with Crippen molar-refractivity contribution < 1.29 is 0 Å². The van der Waals surface area contributed by atoms with Crippen LogP contribution in [0.2, 0.25) is 0 Å². The lowest BCUT2D eigenvalue weighted by atomic mass is 9.98. The molecular formula is C30H29N5. The second-order valence-electron chi connectivity index (χ2n) is 9.38. The van der Waals surface area contributed by atoms with Crippen LogP contribution in [-0.2, 0) is 0 Å². The minimum Gasteiger partial charge on any atom is -0.369 e. The summed E-state index contributed by atoms with van der Waals surface area (Å²) in [5.41, 5.74) is 10.9. The molecule has 0 bridgehead atoms. The summed E-state index contributed by atoms with van der Waals surface area (Å²) in [6, 6.07) is 25.9. The van der Waals surface area contributed by atoms with Crippen molar-refractivity contribution in [2.45, 2.75) is 6.92 Å². The van der Waals surface area contributed by atoms with Crippen molar-refractivity contribution in [3.05, 3.63) is 90.8 Å². The molecule has 5 aromatic rings. The highest BCUT2D eigenvalue weighted by atomic mass is 15.2. The number of likely N-dealkylation sites (N-methyl/N-ethyl adjacent to an activating group) is 1. The molecule has 1 saturated heterocycles. The number of aromatic nitrogens is 3. The molecule has 0 spiro atoms. The molecule has 0 saturated carbocycles. The van der Waals surface area contributed by atoms with Crippen molar-refractivity contribution in [3.8, 4) is 33.5 Å². The summed E-state index contributed by atoms with van der Waals surface area (Å²) in [5, 5.41) is 0. The van der Waals surface area contributed by atoms with Gasteiger partial charge in [-0.1, -0.05) is 60.7 Å². The van der Waals surface area contributed by atoms with Crippen LogP contribution in [0, 0.1) is 6.92 Å². The zero-order valence-electron chi connectivity index (χ0n) is 20.2. The smallest absolute Gasteiger partial charge is 0.156 e. The van der Waals surface area contributed by atoms with E-state index in [0.717, 1.165) is 59.7 Å². The number of H-pyrrole nitrogens is 1. The van der Waals surface area contributed by atoms with Gasteiger partial charge in [-0.05, 0) is 48.4 Å². The third-order valence-electron chi connectivity index (χ3n) is 7.06. The Morgan fingerprint density at radius 1 is 0.743 bits per heavy atom. The van der Waals surface area contributed by atoms with Crippen LogP contribution in [0.15, 0.2) is 85.2 Å². The average Bonchev–Trinajstić information content (AvgIpc) is 3.33. The molecule has 0 unspecified atom stereocenters. The number of benzene rings is 3. The molecule has 5 heteroatoms. The lowest BCUT2D eigenvalue weighted by Crippen LogP contribution is -2.44. The Kier molecular flexibility index (Phi) is 5.55. The molecule has 5 nitrogen and oxygen atoms in total. The second kappa shape index (κ2) is 9.01. The lowest BCUT2D eigenvalue weighted by Gasteiger charge is -2.34. The predicted molar refractivity (Wildman–Crippen MR) is 145 cm³/mol. The largest absolute Gasteiger partial charge is 0.369 e. The van der Waals surface area contributed by atoms with Crippen molar-refractivity contribution in [1.82, 2.24) is 19.9 Å². The zero-order chi connectivity index (χ0) is 23.8. The monoisotopic (exact) mass is 459 g/mol. The van der Waals surface area contributed by atoms with Crippen LogP contribution in [0.4, 0.5) is 5.69 Å². The van der Waals surface area contributed by atoms with Gasteiger partial charge in [-0.25, -0.2) is 9.97 Å². The van der Waals surface area contributed by atoms with Crippen molar-refractivity contribution in [1.29, 1.82) is 0 Å². The number of piperazine rings is 1. The Labute approximate surface area is 206 Å². The zero-order valence-corrected chi connectivity index (χ0v) is 20.2. The SMILES string of the molecule is Cc1ccccc1-c1ccc(-c2c[nH]c3ncc(-c4ccc(N5CCN(C)CC5)cc4)nc23)cc1. The normalized spacial score (nSPS) is 14.5. The van der Waals surface area contributed by atoms with Crippen molar-refractivity contribution >= 4 is 16.9 Å². The lowest BCUT2D eigenvalue weighted by molar-refractivity contribution is 0.313. The Morgan fingerprint density at radius 2 is 1.40 bits per heavy atom. The maximum Gasteiger partial charge on any atom is 0.156 e. The van der Waals surface area contributed by atoms with Crippen LogP contribution in [0.25, 0.3) is 44.7 Å². The maximum atomic E-state index is 5.01. The molecule has 6 rings (SSSR count). The number of fused-ring (bicyclic) bond motifs is 1. The molecule has 0 radical (unpaired) electrons. The van der Waals surface area contributed by atoms with Gasteiger partial charge in [0.1, 0.15) is 5.52 Å². The molecule has 0 aliphatic carbocycles. The van der Waals surface area contributed by atoms with Crippen LogP contribution >= 0.6 is 0 Å². The Hall–Kier alpha value is -3.96. The quantitative estimate of drug-likeness (QED) is 0.357. The molecule has 174 valence electrons. The van der Waals surface area contributed by atoms with Crippen LogP contribution in [0.5, 0.6) is 0 Å². The number of anilines is 1. The van der Waals surface area contributed by atoms with Gasteiger partial charge in [0.25, 0.3) is 0 Å². The van der Waals surface area contributed by atoms with E-state index >= 15 is 0 Å². The Balaban J connectivity index is 1.29. The first-order chi connectivity index (χ1) is 17.2. The minimum atomic E-state index is 0.806. The number of nitrogens with zero attached hydrogens (tertiary/aromatic N) is 4. The molecule has 1 N–H and O–H groups in total. The maximum absolute atomic E-state index is 5.01. The minimum absolute atomic E-state index is 0.806. The van der Waals surface area contributed by atoms with E-state index in [2.05, 4.69) is 107 Å². The summed E-state index contributed by atoms with van der Waals surface area (Å²) < 4.78 is 0. The van der Waals surface area contributed by atoms with Crippen LogP contribution in [0.1, 0.15) is 5.56 Å². The molecule has 3 aromatic carbocycles. The molecule has 1 fully saturated rings. The number of hydrogen-bond acceptors (Lipinski definition) is 4. The average molecular weight is 460 g/mol. The van der Waals surface area contributed by atoms with Gasteiger partial charge in [0.05, 0.1) is 11.9 Å². The summed E-state index contributed by atoms with van der Waals surface area (Å²) in [7, 11) is 2.18. The topological polar surface area (TPSA) is 48.1 Å². The standard InChI is InChI=1S/C30H29N5/c1-21-5-3-4-6-26(21)22-7-9-23(10-8-22)27-19-31-30-29(27)33-28(20-32-30)24-11-13-25(14-12-24)35-17-15-34(2)16-18-35/h3-14,19-20H,15-18H2,1-2H3,(H,31,32). The Bertz CT molecular complexity index is 1460. The first-order valence-corrected chi connectivity index (χ1v) is 12.2. The summed E-state index contributed by atoms with van der Waals surface area (Å²) in [4.78, 5) is 17.8. The summed E-state index contributed by atoms with van der Waals surface area (Å²) in [6.45, 7) is 6.49. The number of aromatic amines is 1. The second-order valence-corrected chi connectivity index (χ2v) is 9.38. The van der Waals surface area contributed by atoms with Crippen LogP contribution in [-0.4, -0.2) is 53.1 Å². The molecule has 3 heterocycles. The molecule has 1 aliphatic heterocycles. The number of aryl methyl sites for hydroxylation is 1. The van der Waals surface area contributed by atoms with Gasteiger partial charge in [-0.2, -0.15) is 0 Å². The summed E-state index contributed by atoms with van der Waals surface area (Å²) in [5.74, 6) is 0. The molecule has 0 amide bonds. The highest BCUT2D eigenvalue weighted by Gasteiger charge is 2.15. The fourth-order valence-corrected chi connectivity index (χ4v) is 4.88. The molecule has 2 aromatic heterocycles. The van der Waals surface area contributed by atoms with Crippen LogP contribution in [0.3, 0.4) is 0 Å². The molecule has 1 aliphatic rings. The fourth-order valence-electron chi connectivity index (χ4n) is 4.88. The Morgan fingerprint density at radius 3 is 2.11 bits per heavy atom. The van der Waals surface area contributed by atoms with E-state index in [1.165, 1.54) is 22.4 Å². The van der Waals surface area contributed by atoms with Gasteiger partial charge in [0.2, 0.25) is 0 Å². The van der Waals surface area contributed by atoms with Gasteiger partial charge >= 0.3 is 0 Å². The first-order valence-electron chi connectivity index (χ1n) is 12.2. The van der Waals surface area contributed by atoms with Crippen molar-refractivity contribution in [3.63, 3.8) is 0 Å². The third kappa shape index (κ3) is 4.19. The van der Waals surface area contributed by atoms with E-state index in [-0.39, 0.29) is 0 Å². The van der Waals surface area contributed by atoms with E-state index < -0.39 is 0 Å². The van der Waals surface area contributed by atoms with E-state index in [0.29, 0.717) is 0 Å². The predicted octanol–water partition coefficient (Wildman–Crippen LogP) is 6.02. The molecular weight excluding hydrogens is 430 g/mol. The van der Waals surface area contributed by atoms with Gasteiger partial charge in [0, 0.05) is 49.2 Å². The van der Waals surface area contributed by atoms with E-state index in [9.17, 15) is 0 Å². The summed E-state index contributed by atoms with van der Waals surface area (Å²) >= 11 is 0. The van der Waals surface area contributed by atoms with E-state index in [1.807, 2.05) is 12.4 Å². The van der Waals surface area contributed by atoms with Crippen molar-refractivity contribution in [2.24, 2.45) is 0 Å². The summed E-state index contributed by atoms with van der Waals surface area (Å²) in [6.07, 6.45) is 3.86. The van der Waals surface area contributed by atoms with Crippen molar-refractivity contribution in [2.75, 3.05) is 38.1 Å². The van der Waals surface area contributed by atoms with Gasteiger partial charge < -0.3 is 14.8 Å². The highest BCUT2D eigenvalue weighted by Crippen LogP contribution is 2.31. The van der Waals surface area contributed by atoms with Gasteiger partial charge in [-0.3, -0.25) is 0 Å². The molecule has 0 atom stereocenters. The number of rotatable bonds is 4. The number of nitrogens with one attached hydrogen (secondary N) is 1. The highest BCUT2D eigenvalue weighted by molar-refractivity contribution is 5.92. The third-order valence-corrected chi connectivity index (χ3v) is 7.06. The van der Waals surface area contributed by atoms with E-state index in [4.69, 9.17) is 4.98 Å². The first kappa shape index (κ1) is 21.6.